The van der Waals surface area contributed by atoms with Crippen LogP contribution in [0.3, 0.4) is 0 Å². The molecule has 1 aliphatic rings. The Morgan fingerprint density at radius 1 is 1.19 bits per heavy atom. The molecule has 0 atom stereocenters. The van der Waals surface area contributed by atoms with E-state index < -0.39 is 11.4 Å². The smallest absolute Gasteiger partial charge is 0.310 e. The van der Waals surface area contributed by atoms with E-state index in [-0.39, 0.29) is 12.3 Å². The van der Waals surface area contributed by atoms with Gasteiger partial charge in [-0.25, -0.2) is 0 Å². The number of pyridine rings is 1. The summed E-state index contributed by atoms with van der Waals surface area (Å²) in [6.45, 7) is 0.526. The van der Waals surface area contributed by atoms with Crippen LogP contribution < -0.4 is 5.32 Å². The predicted octanol–water partition coefficient (Wildman–Crippen LogP) is 2.17. The first-order chi connectivity index (χ1) is 10.1. The molecule has 0 aliphatic heterocycles. The molecule has 1 aliphatic carbocycles. The van der Waals surface area contributed by atoms with Crippen molar-refractivity contribution in [3.63, 3.8) is 0 Å². The highest BCUT2D eigenvalue weighted by atomic mass is 16.4. The fourth-order valence-corrected chi connectivity index (χ4v) is 2.96. The zero-order valence-electron chi connectivity index (χ0n) is 12.2. The van der Waals surface area contributed by atoms with Crippen molar-refractivity contribution in [1.82, 2.24) is 10.3 Å². The number of aromatic nitrogens is 1. The number of amides is 1. The highest BCUT2D eigenvalue weighted by Crippen LogP contribution is 2.39. The maximum Gasteiger partial charge on any atom is 0.310 e. The van der Waals surface area contributed by atoms with Crippen LogP contribution in [0.5, 0.6) is 0 Å². The van der Waals surface area contributed by atoms with Crippen LogP contribution in [0.4, 0.5) is 0 Å². The van der Waals surface area contributed by atoms with Crippen LogP contribution in [0.1, 0.15) is 44.1 Å². The quantitative estimate of drug-likeness (QED) is 0.841. The van der Waals surface area contributed by atoms with Gasteiger partial charge in [-0.1, -0.05) is 19.3 Å². The lowest BCUT2D eigenvalue weighted by Crippen LogP contribution is -2.39. The minimum atomic E-state index is -0.848. The third-order valence-corrected chi connectivity index (χ3v) is 4.25. The number of hydrogen-bond acceptors (Lipinski definition) is 3. The van der Waals surface area contributed by atoms with Gasteiger partial charge in [0.2, 0.25) is 5.91 Å². The molecule has 2 rings (SSSR count). The predicted molar refractivity (Wildman–Crippen MR) is 78.7 cm³/mol. The first-order valence-electron chi connectivity index (χ1n) is 7.51. The number of nitrogens with zero attached hydrogens (tertiary/aromatic N) is 1. The van der Waals surface area contributed by atoms with Crippen molar-refractivity contribution in [3.8, 4) is 0 Å². The monoisotopic (exact) mass is 290 g/mol. The van der Waals surface area contributed by atoms with E-state index in [1.165, 1.54) is 0 Å². The maximum absolute atomic E-state index is 12.0. The Morgan fingerprint density at radius 2 is 1.86 bits per heavy atom. The Kier molecular flexibility index (Phi) is 5.31. The molecule has 0 saturated heterocycles. The molecule has 5 nitrogen and oxygen atoms in total. The van der Waals surface area contributed by atoms with Gasteiger partial charge in [0.15, 0.2) is 0 Å². The molecule has 21 heavy (non-hydrogen) atoms. The van der Waals surface area contributed by atoms with Gasteiger partial charge < -0.3 is 10.4 Å². The maximum atomic E-state index is 12.0. The molecule has 5 heteroatoms. The van der Waals surface area contributed by atoms with Crippen LogP contribution in [0.15, 0.2) is 24.5 Å². The average molecular weight is 290 g/mol. The van der Waals surface area contributed by atoms with E-state index in [4.69, 9.17) is 0 Å². The summed E-state index contributed by atoms with van der Waals surface area (Å²) in [6.07, 6.45) is 8.36. The van der Waals surface area contributed by atoms with Crippen molar-refractivity contribution >= 4 is 11.9 Å². The van der Waals surface area contributed by atoms with E-state index in [2.05, 4.69) is 10.3 Å². The highest BCUT2D eigenvalue weighted by molar-refractivity contribution is 5.85. The summed E-state index contributed by atoms with van der Waals surface area (Å²) in [5, 5.41) is 12.3. The molecule has 0 radical (unpaired) electrons. The third-order valence-electron chi connectivity index (χ3n) is 4.25. The van der Waals surface area contributed by atoms with Crippen LogP contribution in [-0.4, -0.2) is 28.5 Å². The number of nitrogens with one attached hydrogen (secondary N) is 1. The lowest BCUT2D eigenvalue weighted by molar-refractivity contribution is -0.154. The second-order valence-corrected chi connectivity index (χ2v) is 5.78. The summed E-state index contributed by atoms with van der Waals surface area (Å²) >= 11 is 0. The van der Waals surface area contributed by atoms with E-state index in [0.29, 0.717) is 19.4 Å². The van der Waals surface area contributed by atoms with Crippen LogP contribution in [0, 0.1) is 5.41 Å². The van der Waals surface area contributed by atoms with Gasteiger partial charge in [-0.15, -0.1) is 0 Å². The largest absolute Gasteiger partial charge is 0.481 e. The highest BCUT2D eigenvalue weighted by Gasteiger charge is 2.41. The summed E-state index contributed by atoms with van der Waals surface area (Å²) in [5.74, 6) is -0.986. The molecule has 1 fully saturated rings. The lowest BCUT2D eigenvalue weighted by atomic mass is 9.71. The average Bonchev–Trinajstić information content (AvgIpc) is 2.49. The number of carboxylic acid groups (broad SMARTS) is 1. The van der Waals surface area contributed by atoms with Crippen molar-refractivity contribution in [3.05, 3.63) is 30.1 Å². The molecule has 114 valence electrons. The van der Waals surface area contributed by atoms with E-state index >= 15 is 0 Å². The first-order valence-corrected chi connectivity index (χ1v) is 7.51. The van der Waals surface area contributed by atoms with E-state index in [1.807, 2.05) is 12.1 Å². The molecule has 1 heterocycles. The minimum absolute atomic E-state index is 0.0959. The van der Waals surface area contributed by atoms with Crippen molar-refractivity contribution in [1.29, 1.82) is 0 Å². The normalized spacial score (nSPS) is 17.1. The first kappa shape index (κ1) is 15.5. The van der Waals surface area contributed by atoms with Gasteiger partial charge in [0, 0.05) is 25.4 Å². The van der Waals surface area contributed by atoms with Crippen LogP contribution in [0.2, 0.25) is 0 Å². The molecule has 0 aromatic carbocycles. The molecule has 0 unspecified atom stereocenters. The number of carboxylic acids is 1. The van der Waals surface area contributed by atoms with Gasteiger partial charge in [0.25, 0.3) is 0 Å². The summed E-state index contributed by atoms with van der Waals surface area (Å²) in [5.41, 5.74) is 0.259. The number of hydrogen-bond donors (Lipinski definition) is 2. The number of aliphatic carboxylic acids is 1. The van der Waals surface area contributed by atoms with Gasteiger partial charge in [-0.05, 0) is 37.0 Å². The van der Waals surface area contributed by atoms with Crippen molar-refractivity contribution < 1.29 is 14.7 Å². The van der Waals surface area contributed by atoms with Crippen molar-refractivity contribution in [2.24, 2.45) is 5.41 Å². The van der Waals surface area contributed by atoms with Crippen molar-refractivity contribution in [2.75, 3.05) is 6.54 Å². The molecular weight excluding hydrogens is 268 g/mol. The number of carbonyl (C=O) groups is 2. The zero-order valence-corrected chi connectivity index (χ0v) is 12.2. The van der Waals surface area contributed by atoms with Gasteiger partial charge in [0.05, 0.1) is 5.41 Å². The minimum Gasteiger partial charge on any atom is -0.481 e. The number of rotatable bonds is 6. The van der Waals surface area contributed by atoms with E-state index in [9.17, 15) is 14.7 Å². The Hall–Kier alpha value is -1.91. The molecule has 1 amide bonds. The fraction of sp³-hybridized carbons (Fsp3) is 0.562. The second-order valence-electron chi connectivity index (χ2n) is 5.78. The molecule has 2 N–H and O–H groups in total. The van der Waals surface area contributed by atoms with Gasteiger partial charge in [-0.3, -0.25) is 14.6 Å². The Balaban J connectivity index is 1.81. The summed E-state index contributed by atoms with van der Waals surface area (Å²) in [7, 11) is 0. The van der Waals surface area contributed by atoms with Crippen LogP contribution in [0.25, 0.3) is 0 Å². The van der Waals surface area contributed by atoms with Gasteiger partial charge in [-0.2, -0.15) is 0 Å². The molecule has 1 saturated carbocycles. The molecule has 1 aromatic rings. The standard InChI is InChI=1S/C16H22N2O3/c19-14(18-11-6-13-4-9-17-10-5-13)12-16(15(20)21)7-2-1-3-8-16/h4-5,9-10H,1-3,6-8,11-12H2,(H,18,19)(H,20,21). The van der Waals surface area contributed by atoms with E-state index in [1.54, 1.807) is 12.4 Å². The van der Waals surface area contributed by atoms with E-state index in [0.717, 1.165) is 31.2 Å². The summed E-state index contributed by atoms with van der Waals surface area (Å²) < 4.78 is 0. The van der Waals surface area contributed by atoms with Crippen LogP contribution >= 0.6 is 0 Å². The van der Waals surface area contributed by atoms with Crippen molar-refractivity contribution in [2.45, 2.75) is 44.9 Å². The van der Waals surface area contributed by atoms with Crippen LogP contribution in [-0.2, 0) is 16.0 Å². The third kappa shape index (κ3) is 4.28. The SMILES string of the molecule is O=C(CC1(C(=O)O)CCCCC1)NCCc1ccncc1. The summed E-state index contributed by atoms with van der Waals surface area (Å²) in [4.78, 5) is 27.5. The van der Waals surface area contributed by atoms with Gasteiger partial charge in [0.1, 0.15) is 0 Å². The molecule has 1 aromatic heterocycles. The molecular formula is C16H22N2O3. The Bertz CT molecular complexity index is 482. The number of carbonyl (C=O) groups excluding carboxylic acids is 1. The Labute approximate surface area is 124 Å². The Morgan fingerprint density at radius 3 is 2.48 bits per heavy atom. The van der Waals surface area contributed by atoms with Gasteiger partial charge >= 0.3 is 5.97 Å². The molecule has 0 spiro atoms. The zero-order chi connectivity index (χ0) is 15.1. The summed E-state index contributed by atoms with van der Waals surface area (Å²) in [6, 6.07) is 3.82. The topological polar surface area (TPSA) is 79.3 Å². The fourth-order valence-electron chi connectivity index (χ4n) is 2.96. The lowest BCUT2D eigenvalue weighted by Gasteiger charge is -2.32. The second kappa shape index (κ2) is 7.20. The molecule has 0 bridgehead atoms.